The summed E-state index contributed by atoms with van der Waals surface area (Å²) in [6.07, 6.45) is 2.39. The molecule has 2 heteroatoms. The standard InChI is InChI=1S/C15H22OS/c1-4-14(16)6-5-11-17-15-9-7-13(8-10-15)12(2)3/h7-10,12H,4-6,11H2,1-3H3. The van der Waals surface area contributed by atoms with Crippen LogP contribution in [0.2, 0.25) is 0 Å². The van der Waals surface area contributed by atoms with E-state index in [1.807, 2.05) is 18.7 Å². The lowest BCUT2D eigenvalue weighted by atomic mass is 10.0. The van der Waals surface area contributed by atoms with Crippen LogP contribution in [0.1, 0.15) is 51.5 Å². The van der Waals surface area contributed by atoms with E-state index in [-0.39, 0.29) is 0 Å². The molecule has 1 aromatic carbocycles. The molecule has 0 bridgehead atoms. The zero-order valence-electron chi connectivity index (χ0n) is 11.0. The van der Waals surface area contributed by atoms with Gasteiger partial charge in [0, 0.05) is 17.7 Å². The monoisotopic (exact) mass is 250 g/mol. The van der Waals surface area contributed by atoms with Gasteiger partial charge in [-0.3, -0.25) is 4.79 Å². The molecule has 0 amide bonds. The van der Waals surface area contributed by atoms with Crippen LogP contribution in [-0.2, 0) is 4.79 Å². The summed E-state index contributed by atoms with van der Waals surface area (Å²) < 4.78 is 0. The van der Waals surface area contributed by atoms with Crippen molar-refractivity contribution in [2.45, 2.75) is 50.8 Å². The summed E-state index contributed by atoms with van der Waals surface area (Å²) in [4.78, 5) is 12.4. The minimum Gasteiger partial charge on any atom is -0.300 e. The number of rotatable bonds is 7. The second kappa shape index (κ2) is 7.54. The lowest BCUT2D eigenvalue weighted by Gasteiger charge is -2.06. The molecule has 1 aromatic rings. The average molecular weight is 250 g/mol. The molecule has 0 saturated heterocycles. The zero-order valence-corrected chi connectivity index (χ0v) is 11.8. The Labute approximate surface area is 109 Å². The number of carbonyl (C=O) groups excluding carboxylic acids is 1. The van der Waals surface area contributed by atoms with Gasteiger partial charge in [-0.25, -0.2) is 0 Å². The lowest BCUT2D eigenvalue weighted by Crippen LogP contribution is -1.95. The van der Waals surface area contributed by atoms with Crippen molar-refractivity contribution in [3.05, 3.63) is 29.8 Å². The average Bonchev–Trinajstić information content (AvgIpc) is 2.34. The highest BCUT2D eigenvalue weighted by atomic mass is 32.2. The van der Waals surface area contributed by atoms with Crippen molar-refractivity contribution in [3.8, 4) is 0 Å². The molecule has 0 aromatic heterocycles. The number of carbonyl (C=O) groups is 1. The first-order valence-electron chi connectivity index (χ1n) is 6.38. The predicted molar refractivity (Wildman–Crippen MR) is 75.8 cm³/mol. The van der Waals surface area contributed by atoms with Gasteiger partial charge in [-0.15, -0.1) is 11.8 Å². The van der Waals surface area contributed by atoms with Gasteiger partial charge in [-0.2, -0.15) is 0 Å². The van der Waals surface area contributed by atoms with Crippen molar-refractivity contribution < 1.29 is 4.79 Å². The smallest absolute Gasteiger partial charge is 0.132 e. The first-order chi connectivity index (χ1) is 8.13. The Morgan fingerprint density at radius 1 is 1.24 bits per heavy atom. The zero-order chi connectivity index (χ0) is 12.7. The van der Waals surface area contributed by atoms with Crippen LogP contribution in [0.3, 0.4) is 0 Å². The molecular weight excluding hydrogens is 228 g/mol. The maximum atomic E-state index is 11.1. The van der Waals surface area contributed by atoms with Gasteiger partial charge >= 0.3 is 0 Å². The SMILES string of the molecule is CCC(=O)CCCSc1ccc(C(C)C)cc1. The molecule has 1 rings (SSSR count). The van der Waals surface area contributed by atoms with Crippen LogP contribution >= 0.6 is 11.8 Å². The Hall–Kier alpha value is -0.760. The van der Waals surface area contributed by atoms with E-state index in [9.17, 15) is 4.79 Å². The van der Waals surface area contributed by atoms with Gasteiger partial charge in [0.15, 0.2) is 0 Å². The van der Waals surface area contributed by atoms with Crippen LogP contribution in [0.5, 0.6) is 0 Å². The van der Waals surface area contributed by atoms with Crippen molar-refractivity contribution in [1.29, 1.82) is 0 Å². The fourth-order valence-electron chi connectivity index (χ4n) is 1.59. The first kappa shape index (κ1) is 14.3. The molecule has 0 saturated carbocycles. The fraction of sp³-hybridized carbons (Fsp3) is 0.533. The molecule has 0 unspecified atom stereocenters. The summed E-state index contributed by atoms with van der Waals surface area (Å²) in [5, 5.41) is 0. The van der Waals surface area contributed by atoms with Crippen LogP contribution < -0.4 is 0 Å². The summed E-state index contributed by atoms with van der Waals surface area (Å²) in [6, 6.07) is 8.76. The summed E-state index contributed by atoms with van der Waals surface area (Å²) in [5.74, 6) is 2.00. The molecule has 0 aliphatic heterocycles. The van der Waals surface area contributed by atoms with Crippen LogP contribution in [0.15, 0.2) is 29.2 Å². The number of benzene rings is 1. The third kappa shape index (κ3) is 5.40. The van der Waals surface area contributed by atoms with E-state index in [1.165, 1.54) is 10.5 Å². The second-order valence-electron chi connectivity index (χ2n) is 4.57. The highest BCUT2D eigenvalue weighted by molar-refractivity contribution is 7.99. The first-order valence-corrected chi connectivity index (χ1v) is 7.36. The third-order valence-corrected chi connectivity index (χ3v) is 3.91. The Bertz CT molecular complexity index is 340. The number of hydrogen-bond acceptors (Lipinski definition) is 2. The molecular formula is C15H22OS. The van der Waals surface area contributed by atoms with E-state index in [2.05, 4.69) is 38.1 Å². The van der Waals surface area contributed by atoms with Crippen molar-refractivity contribution in [2.75, 3.05) is 5.75 Å². The van der Waals surface area contributed by atoms with E-state index in [1.54, 1.807) is 0 Å². The maximum Gasteiger partial charge on any atom is 0.132 e. The molecule has 0 radical (unpaired) electrons. The van der Waals surface area contributed by atoms with Gasteiger partial charge in [0.2, 0.25) is 0 Å². The van der Waals surface area contributed by atoms with Crippen LogP contribution in [0.25, 0.3) is 0 Å². The minimum atomic E-state index is 0.376. The molecule has 1 nitrogen and oxygen atoms in total. The summed E-state index contributed by atoms with van der Waals surface area (Å²) in [6.45, 7) is 6.34. The van der Waals surface area contributed by atoms with Gasteiger partial charge in [-0.1, -0.05) is 32.9 Å². The molecule has 0 N–H and O–H groups in total. The lowest BCUT2D eigenvalue weighted by molar-refractivity contribution is -0.118. The van der Waals surface area contributed by atoms with Crippen molar-refractivity contribution in [1.82, 2.24) is 0 Å². The van der Waals surface area contributed by atoms with Crippen molar-refractivity contribution in [2.24, 2.45) is 0 Å². The van der Waals surface area contributed by atoms with Crippen LogP contribution in [0.4, 0.5) is 0 Å². The third-order valence-electron chi connectivity index (χ3n) is 2.81. The molecule has 0 heterocycles. The normalized spacial score (nSPS) is 10.8. The van der Waals surface area contributed by atoms with Gasteiger partial charge in [0.25, 0.3) is 0 Å². The van der Waals surface area contributed by atoms with E-state index < -0.39 is 0 Å². The van der Waals surface area contributed by atoms with Gasteiger partial charge in [-0.05, 0) is 35.8 Å². The Morgan fingerprint density at radius 3 is 2.41 bits per heavy atom. The van der Waals surface area contributed by atoms with Crippen LogP contribution in [0, 0.1) is 0 Å². The predicted octanol–water partition coefficient (Wildman–Crippen LogP) is 4.66. The van der Waals surface area contributed by atoms with E-state index in [0.29, 0.717) is 18.1 Å². The summed E-state index contributed by atoms with van der Waals surface area (Å²) >= 11 is 1.84. The molecule has 0 fully saturated rings. The largest absolute Gasteiger partial charge is 0.300 e. The van der Waals surface area contributed by atoms with Crippen molar-refractivity contribution in [3.63, 3.8) is 0 Å². The van der Waals surface area contributed by atoms with E-state index in [4.69, 9.17) is 0 Å². The maximum absolute atomic E-state index is 11.1. The quantitative estimate of drug-likeness (QED) is 0.517. The van der Waals surface area contributed by atoms with E-state index in [0.717, 1.165) is 18.6 Å². The van der Waals surface area contributed by atoms with Gasteiger partial charge in [0.1, 0.15) is 5.78 Å². The molecule has 17 heavy (non-hydrogen) atoms. The summed E-state index contributed by atoms with van der Waals surface area (Å²) in [7, 11) is 0. The van der Waals surface area contributed by atoms with Gasteiger partial charge in [0.05, 0.1) is 0 Å². The molecule has 94 valence electrons. The number of Topliss-reactive ketones (excluding diaryl/α,β-unsaturated/α-hetero) is 1. The molecule has 0 aliphatic carbocycles. The number of ketones is 1. The van der Waals surface area contributed by atoms with Crippen LogP contribution in [-0.4, -0.2) is 11.5 Å². The van der Waals surface area contributed by atoms with E-state index >= 15 is 0 Å². The minimum absolute atomic E-state index is 0.376. The topological polar surface area (TPSA) is 17.1 Å². The highest BCUT2D eigenvalue weighted by Crippen LogP contribution is 2.22. The Kier molecular flexibility index (Phi) is 6.35. The second-order valence-corrected chi connectivity index (χ2v) is 5.74. The fourth-order valence-corrected chi connectivity index (χ4v) is 2.44. The number of thioether (sulfide) groups is 1. The Balaban J connectivity index is 2.30. The highest BCUT2D eigenvalue weighted by Gasteiger charge is 2.01. The summed E-state index contributed by atoms with van der Waals surface area (Å²) in [5.41, 5.74) is 1.38. The molecule has 0 aliphatic rings. The molecule has 0 spiro atoms. The number of hydrogen-bond donors (Lipinski definition) is 0. The Morgan fingerprint density at radius 2 is 1.88 bits per heavy atom. The molecule has 0 atom stereocenters. The van der Waals surface area contributed by atoms with Gasteiger partial charge < -0.3 is 0 Å². The van der Waals surface area contributed by atoms with Crippen molar-refractivity contribution >= 4 is 17.5 Å².